The average Bonchev–Trinajstić information content (AvgIpc) is 2.94. The molecule has 0 aliphatic rings. The van der Waals surface area contributed by atoms with Crippen molar-refractivity contribution in [3.63, 3.8) is 0 Å². The van der Waals surface area contributed by atoms with Crippen LogP contribution in [0, 0.1) is 0 Å². The summed E-state index contributed by atoms with van der Waals surface area (Å²) in [6, 6.07) is 13.8. The molecule has 0 aliphatic carbocycles. The number of nitrogens with one attached hydrogen (secondary N) is 1. The van der Waals surface area contributed by atoms with Gasteiger partial charge in [-0.25, -0.2) is 0 Å². The summed E-state index contributed by atoms with van der Waals surface area (Å²) in [6.07, 6.45) is 2.20. The molecular weight excluding hydrogens is 276 g/mol. The molecule has 1 heterocycles. The number of thiophene rings is 1. The quantitative estimate of drug-likeness (QED) is 0.821. The number of likely N-dealkylation sites (N-methyl/N-ethyl adjacent to an activating group) is 1. The first-order chi connectivity index (χ1) is 10.1. The smallest absolute Gasteiger partial charge is 0.0369 e. The van der Waals surface area contributed by atoms with Gasteiger partial charge in [-0.3, -0.25) is 0 Å². The van der Waals surface area contributed by atoms with Crippen molar-refractivity contribution in [3.8, 4) is 0 Å². The van der Waals surface area contributed by atoms with Gasteiger partial charge in [-0.1, -0.05) is 26.0 Å². The van der Waals surface area contributed by atoms with Crippen LogP contribution in [-0.2, 0) is 12.8 Å². The molecule has 0 saturated carbocycles. The summed E-state index contributed by atoms with van der Waals surface area (Å²) in [4.78, 5) is 5.10. The van der Waals surface area contributed by atoms with Gasteiger partial charge in [0, 0.05) is 42.0 Å². The molecular formula is C18H26N2S. The van der Waals surface area contributed by atoms with Crippen LogP contribution in [-0.4, -0.2) is 20.6 Å². The fourth-order valence-corrected chi connectivity index (χ4v) is 3.50. The number of anilines is 1. The number of aryl methyl sites for hydroxylation is 1. The Morgan fingerprint density at radius 2 is 1.86 bits per heavy atom. The first kappa shape index (κ1) is 16.1. The van der Waals surface area contributed by atoms with E-state index in [0.717, 1.165) is 19.4 Å². The first-order valence-electron chi connectivity index (χ1n) is 7.72. The minimum atomic E-state index is 0.387. The molecule has 1 unspecified atom stereocenters. The van der Waals surface area contributed by atoms with Gasteiger partial charge in [-0.05, 0) is 42.8 Å². The Labute approximate surface area is 132 Å². The second-order valence-corrected chi connectivity index (χ2v) is 6.78. The van der Waals surface area contributed by atoms with Crippen LogP contribution >= 0.6 is 11.3 Å². The zero-order valence-electron chi connectivity index (χ0n) is 13.5. The molecule has 21 heavy (non-hydrogen) atoms. The van der Waals surface area contributed by atoms with Crippen LogP contribution in [0.3, 0.4) is 0 Å². The number of rotatable bonds is 7. The number of nitrogens with zero attached hydrogens (tertiary/aromatic N) is 1. The topological polar surface area (TPSA) is 15.3 Å². The van der Waals surface area contributed by atoms with E-state index in [0.29, 0.717) is 6.04 Å². The fourth-order valence-electron chi connectivity index (χ4n) is 2.50. The summed E-state index contributed by atoms with van der Waals surface area (Å²) >= 11 is 1.94. The summed E-state index contributed by atoms with van der Waals surface area (Å²) in [6.45, 7) is 5.38. The maximum absolute atomic E-state index is 3.63. The van der Waals surface area contributed by atoms with E-state index >= 15 is 0 Å². The minimum Gasteiger partial charge on any atom is -0.378 e. The van der Waals surface area contributed by atoms with E-state index in [9.17, 15) is 0 Å². The van der Waals surface area contributed by atoms with Gasteiger partial charge in [0.25, 0.3) is 0 Å². The van der Waals surface area contributed by atoms with Gasteiger partial charge >= 0.3 is 0 Å². The van der Waals surface area contributed by atoms with Crippen molar-refractivity contribution in [2.75, 3.05) is 25.5 Å². The molecule has 3 heteroatoms. The van der Waals surface area contributed by atoms with E-state index in [1.807, 2.05) is 11.3 Å². The lowest BCUT2D eigenvalue weighted by Gasteiger charge is -2.20. The molecule has 0 spiro atoms. The fraction of sp³-hybridized carbons (Fsp3) is 0.444. The number of benzene rings is 1. The van der Waals surface area contributed by atoms with E-state index in [1.54, 1.807) is 0 Å². The van der Waals surface area contributed by atoms with Crippen LogP contribution in [0.15, 0.2) is 36.4 Å². The second-order valence-electron chi connectivity index (χ2n) is 5.53. The standard InChI is InChI=1S/C18H26N2S/c1-5-16-10-11-17(21-16)13-18(19-6-2)14-8-7-9-15(12-14)20(3)4/h7-12,18-19H,5-6,13H2,1-4H3. The monoisotopic (exact) mass is 302 g/mol. The molecule has 1 atom stereocenters. The van der Waals surface area contributed by atoms with Crippen molar-refractivity contribution in [2.45, 2.75) is 32.7 Å². The highest BCUT2D eigenvalue weighted by Crippen LogP contribution is 2.26. The van der Waals surface area contributed by atoms with Crippen LogP contribution in [0.1, 0.15) is 35.2 Å². The van der Waals surface area contributed by atoms with Crippen molar-refractivity contribution in [1.29, 1.82) is 0 Å². The lowest BCUT2D eigenvalue weighted by molar-refractivity contribution is 0.553. The molecule has 1 N–H and O–H groups in total. The highest BCUT2D eigenvalue weighted by atomic mass is 32.1. The van der Waals surface area contributed by atoms with Crippen LogP contribution in [0.4, 0.5) is 5.69 Å². The van der Waals surface area contributed by atoms with Crippen molar-refractivity contribution in [1.82, 2.24) is 5.32 Å². The Kier molecular flexibility index (Phi) is 5.83. The number of hydrogen-bond donors (Lipinski definition) is 1. The predicted molar refractivity (Wildman–Crippen MR) is 94.6 cm³/mol. The van der Waals surface area contributed by atoms with E-state index in [1.165, 1.54) is 21.0 Å². The molecule has 0 fully saturated rings. The molecule has 1 aromatic carbocycles. The zero-order chi connectivity index (χ0) is 15.2. The van der Waals surface area contributed by atoms with Crippen molar-refractivity contribution >= 4 is 17.0 Å². The van der Waals surface area contributed by atoms with E-state index in [4.69, 9.17) is 0 Å². The van der Waals surface area contributed by atoms with Gasteiger partial charge in [-0.15, -0.1) is 11.3 Å². The van der Waals surface area contributed by atoms with E-state index in [-0.39, 0.29) is 0 Å². The van der Waals surface area contributed by atoms with Crippen LogP contribution < -0.4 is 10.2 Å². The SMILES string of the molecule is CCNC(Cc1ccc(CC)s1)c1cccc(N(C)C)c1. The van der Waals surface area contributed by atoms with Gasteiger partial charge in [0.05, 0.1) is 0 Å². The molecule has 0 bridgehead atoms. The highest BCUT2D eigenvalue weighted by Gasteiger charge is 2.13. The average molecular weight is 302 g/mol. The minimum absolute atomic E-state index is 0.387. The third-order valence-corrected chi connectivity index (χ3v) is 4.96. The Bertz CT molecular complexity index is 560. The Hall–Kier alpha value is -1.32. The highest BCUT2D eigenvalue weighted by molar-refractivity contribution is 7.11. The molecule has 0 saturated heterocycles. The molecule has 1 aromatic heterocycles. The third-order valence-electron chi connectivity index (χ3n) is 3.71. The largest absolute Gasteiger partial charge is 0.378 e. The Balaban J connectivity index is 2.19. The third kappa shape index (κ3) is 4.32. The van der Waals surface area contributed by atoms with Gasteiger partial charge in [0.1, 0.15) is 0 Å². The predicted octanol–water partition coefficient (Wildman–Crippen LogP) is 4.27. The Morgan fingerprint density at radius 1 is 1.10 bits per heavy atom. The van der Waals surface area contributed by atoms with Gasteiger partial charge in [-0.2, -0.15) is 0 Å². The van der Waals surface area contributed by atoms with Crippen molar-refractivity contribution < 1.29 is 0 Å². The van der Waals surface area contributed by atoms with E-state index in [2.05, 4.69) is 74.6 Å². The summed E-state index contributed by atoms with van der Waals surface area (Å²) in [7, 11) is 4.18. The summed E-state index contributed by atoms with van der Waals surface area (Å²) in [5.74, 6) is 0. The molecule has 114 valence electrons. The van der Waals surface area contributed by atoms with Crippen LogP contribution in [0.2, 0.25) is 0 Å². The van der Waals surface area contributed by atoms with Crippen LogP contribution in [0.25, 0.3) is 0 Å². The van der Waals surface area contributed by atoms with Crippen LogP contribution in [0.5, 0.6) is 0 Å². The summed E-state index contributed by atoms with van der Waals surface area (Å²) in [5, 5.41) is 3.63. The van der Waals surface area contributed by atoms with Gasteiger partial charge < -0.3 is 10.2 Å². The van der Waals surface area contributed by atoms with Gasteiger partial charge in [0.2, 0.25) is 0 Å². The lowest BCUT2D eigenvalue weighted by Crippen LogP contribution is -2.23. The maximum atomic E-state index is 3.63. The first-order valence-corrected chi connectivity index (χ1v) is 8.54. The van der Waals surface area contributed by atoms with Crippen molar-refractivity contribution in [3.05, 3.63) is 51.7 Å². The zero-order valence-corrected chi connectivity index (χ0v) is 14.3. The normalized spacial score (nSPS) is 12.4. The lowest BCUT2D eigenvalue weighted by atomic mass is 10.0. The van der Waals surface area contributed by atoms with E-state index < -0.39 is 0 Å². The summed E-state index contributed by atoms with van der Waals surface area (Å²) in [5.41, 5.74) is 2.63. The van der Waals surface area contributed by atoms with Crippen molar-refractivity contribution in [2.24, 2.45) is 0 Å². The molecule has 0 radical (unpaired) electrons. The molecule has 2 aromatic rings. The number of hydrogen-bond acceptors (Lipinski definition) is 3. The maximum Gasteiger partial charge on any atom is 0.0369 e. The van der Waals surface area contributed by atoms with Gasteiger partial charge in [0.15, 0.2) is 0 Å². The molecule has 0 aliphatic heterocycles. The molecule has 2 rings (SSSR count). The second kappa shape index (κ2) is 7.62. The summed E-state index contributed by atoms with van der Waals surface area (Å²) < 4.78 is 0. The molecule has 2 nitrogen and oxygen atoms in total. The Morgan fingerprint density at radius 3 is 2.48 bits per heavy atom. The molecule has 0 amide bonds.